The van der Waals surface area contributed by atoms with Crippen molar-refractivity contribution in [3.8, 4) is 11.5 Å². The van der Waals surface area contributed by atoms with Crippen LogP contribution in [0.4, 0.5) is 0 Å². The van der Waals surface area contributed by atoms with Crippen molar-refractivity contribution in [2.45, 2.75) is 6.92 Å². The highest BCUT2D eigenvalue weighted by atomic mass is 16.5. The van der Waals surface area contributed by atoms with Crippen LogP contribution in [0.1, 0.15) is 23.0 Å². The van der Waals surface area contributed by atoms with Crippen molar-refractivity contribution in [2.24, 2.45) is 5.10 Å². The Morgan fingerprint density at radius 3 is 2.56 bits per heavy atom. The predicted octanol–water partition coefficient (Wildman–Crippen LogP) is 1.57. The van der Waals surface area contributed by atoms with Gasteiger partial charge in [0.2, 0.25) is 0 Å². The summed E-state index contributed by atoms with van der Waals surface area (Å²) in [5.41, 5.74) is 3.21. The maximum absolute atomic E-state index is 12.1. The lowest BCUT2D eigenvalue weighted by Crippen LogP contribution is -2.35. The number of benzene rings is 1. The summed E-state index contributed by atoms with van der Waals surface area (Å²) in [5.74, 6) is 0.620. The molecule has 25 heavy (non-hydrogen) atoms. The molecule has 0 atom stereocenters. The number of carbonyl (C=O) groups excluding carboxylic acids is 2. The molecular formula is C17H19N3O5. The van der Waals surface area contributed by atoms with E-state index in [2.05, 4.69) is 15.8 Å². The van der Waals surface area contributed by atoms with Gasteiger partial charge < -0.3 is 19.2 Å². The molecule has 0 unspecified atom stereocenters. The molecule has 0 fully saturated rings. The zero-order valence-electron chi connectivity index (χ0n) is 14.2. The quantitative estimate of drug-likeness (QED) is 0.586. The van der Waals surface area contributed by atoms with Crippen LogP contribution in [0.2, 0.25) is 0 Å². The number of furan rings is 1. The molecule has 2 aromatic rings. The molecule has 0 saturated carbocycles. The van der Waals surface area contributed by atoms with E-state index in [1.807, 2.05) is 0 Å². The summed E-state index contributed by atoms with van der Waals surface area (Å²) in [7, 11) is 2.99. The fourth-order valence-corrected chi connectivity index (χ4v) is 1.97. The number of nitrogens with zero attached hydrogens (tertiary/aromatic N) is 1. The summed E-state index contributed by atoms with van der Waals surface area (Å²) >= 11 is 0. The van der Waals surface area contributed by atoms with E-state index in [0.717, 1.165) is 0 Å². The molecule has 1 aromatic carbocycles. The molecule has 2 N–H and O–H groups in total. The smallest absolute Gasteiger partial charge is 0.259 e. The van der Waals surface area contributed by atoms with Gasteiger partial charge in [0.25, 0.3) is 11.8 Å². The van der Waals surface area contributed by atoms with E-state index >= 15 is 0 Å². The maximum atomic E-state index is 12.1. The fourth-order valence-electron chi connectivity index (χ4n) is 1.97. The second-order valence-corrected chi connectivity index (χ2v) is 4.96. The number of rotatable bonds is 7. The molecule has 0 bridgehead atoms. The minimum Gasteiger partial charge on any atom is -0.493 e. The third kappa shape index (κ3) is 4.84. The van der Waals surface area contributed by atoms with Gasteiger partial charge in [-0.3, -0.25) is 9.59 Å². The minimum atomic E-state index is -0.459. The molecule has 0 aliphatic carbocycles. The van der Waals surface area contributed by atoms with E-state index < -0.39 is 11.8 Å². The van der Waals surface area contributed by atoms with Crippen LogP contribution < -0.4 is 20.2 Å². The fraction of sp³-hybridized carbons (Fsp3) is 0.235. The Balaban J connectivity index is 1.89. The Hall–Kier alpha value is -3.29. The lowest BCUT2D eigenvalue weighted by molar-refractivity contribution is -0.120. The summed E-state index contributed by atoms with van der Waals surface area (Å²) in [5, 5.41) is 6.41. The molecule has 2 rings (SSSR count). The first-order valence-electron chi connectivity index (χ1n) is 7.42. The van der Waals surface area contributed by atoms with Gasteiger partial charge in [-0.05, 0) is 37.3 Å². The summed E-state index contributed by atoms with van der Waals surface area (Å²) in [6, 6.07) is 8.17. The molecule has 2 amide bonds. The number of methoxy groups -OCH3 is 2. The highest BCUT2D eigenvalue weighted by Gasteiger charge is 2.12. The largest absolute Gasteiger partial charge is 0.493 e. The Morgan fingerprint density at radius 2 is 1.92 bits per heavy atom. The maximum Gasteiger partial charge on any atom is 0.259 e. The van der Waals surface area contributed by atoms with Crippen LogP contribution in [-0.4, -0.2) is 38.3 Å². The van der Waals surface area contributed by atoms with Gasteiger partial charge in [-0.1, -0.05) is 0 Å². The summed E-state index contributed by atoms with van der Waals surface area (Å²) < 4.78 is 15.4. The number of hydrogen-bond donors (Lipinski definition) is 2. The number of carbonyl (C=O) groups is 2. The Labute approximate surface area is 144 Å². The van der Waals surface area contributed by atoms with Gasteiger partial charge in [-0.25, -0.2) is 5.43 Å². The Bertz CT molecular complexity index is 769. The number of hydrazone groups is 1. The molecule has 132 valence electrons. The van der Waals surface area contributed by atoms with Crippen molar-refractivity contribution >= 4 is 17.5 Å². The highest BCUT2D eigenvalue weighted by Crippen LogP contribution is 2.27. The van der Waals surface area contributed by atoms with E-state index in [1.54, 1.807) is 31.2 Å². The molecule has 8 nitrogen and oxygen atoms in total. The van der Waals surface area contributed by atoms with Crippen LogP contribution in [0.5, 0.6) is 11.5 Å². The first-order valence-corrected chi connectivity index (χ1v) is 7.42. The molecule has 1 heterocycles. The Kier molecular flexibility index (Phi) is 6.16. The standard InChI is InChI=1S/C17H19N3O5/c1-11(13-5-4-8-25-13)19-20-16(21)10-18-17(22)12-6-7-14(23-2)15(9-12)24-3/h4-9H,10H2,1-3H3,(H,18,22)(H,20,21). The van der Waals surface area contributed by atoms with Gasteiger partial charge in [0.05, 0.1) is 27.0 Å². The van der Waals surface area contributed by atoms with Crippen LogP contribution in [0.3, 0.4) is 0 Å². The average molecular weight is 345 g/mol. The first-order chi connectivity index (χ1) is 12.0. The van der Waals surface area contributed by atoms with Crippen LogP contribution in [0.15, 0.2) is 46.1 Å². The predicted molar refractivity (Wildman–Crippen MR) is 90.9 cm³/mol. The second kappa shape index (κ2) is 8.53. The van der Waals surface area contributed by atoms with Gasteiger partial charge in [-0.15, -0.1) is 0 Å². The van der Waals surface area contributed by atoms with Crippen molar-refractivity contribution in [3.05, 3.63) is 47.9 Å². The molecule has 0 spiro atoms. The third-order valence-electron chi connectivity index (χ3n) is 3.28. The molecule has 0 aliphatic rings. The van der Waals surface area contributed by atoms with Crippen LogP contribution >= 0.6 is 0 Å². The number of hydrogen-bond acceptors (Lipinski definition) is 6. The molecule has 0 radical (unpaired) electrons. The van der Waals surface area contributed by atoms with Crippen LogP contribution in [0, 0.1) is 0 Å². The Morgan fingerprint density at radius 1 is 1.16 bits per heavy atom. The number of nitrogens with one attached hydrogen (secondary N) is 2. The molecule has 0 aliphatic heterocycles. The first kappa shape index (κ1) is 18.1. The van der Waals surface area contributed by atoms with Crippen molar-refractivity contribution < 1.29 is 23.5 Å². The van der Waals surface area contributed by atoms with Crippen molar-refractivity contribution in [3.63, 3.8) is 0 Å². The van der Waals surface area contributed by atoms with Gasteiger partial charge in [0.1, 0.15) is 11.5 Å². The number of ether oxygens (including phenoxy) is 2. The molecule has 1 aromatic heterocycles. The summed E-state index contributed by atoms with van der Waals surface area (Å²) in [4.78, 5) is 23.9. The summed E-state index contributed by atoms with van der Waals surface area (Å²) in [6.07, 6.45) is 1.51. The van der Waals surface area contributed by atoms with Crippen molar-refractivity contribution in [1.82, 2.24) is 10.7 Å². The average Bonchev–Trinajstić information content (AvgIpc) is 3.18. The zero-order chi connectivity index (χ0) is 18.2. The third-order valence-corrected chi connectivity index (χ3v) is 3.28. The van der Waals surface area contributed by atoms with Crippen LogP contribution in [-0.2, 0) is 4.79 Å². The minimum absolute atomic E-state index is 0.220. The van der Waals surface area contributed by atoms with Gasteiger partial charge >= 0.3 is 0 Å². The van der Waals surface area contributed by atoms with E-state index in [1.165, 1.54) is 26.5 Å². The van der Waals surface area contributed by atoms with Crippen molar-refractivity contribution in [2.75, 3.05) is 20.8 Å². The van der Waals surface area contributed by atoms with Crippen LogP contribution in [0.25, 0.3) is 0 Å². The zero-order valence-corrected chi connectivity index (χ0v) is 14.2. The van der Waals surface area contributed by atoms with Gasteiger partial charge in [0, 0.05) is 5.56 Å². The summed E-state index contributed by atoms with van der Waals surface area (Å²) in [6.45, 7) is 1.48. The highest BCUT2D eigenvalue weighted by molar-refractivity contribution is 5.98. The van der Waals surface area contributed by atoms with Crippen molar-refractivity contribution in [1.29, 1.82) is 0 Å². The van der Waals surface area contributed by atoms with Gasteiger partial charge in [0.15, 0.2) is 11.5 Å². The molecule has 0 saturated heterocycles. The van der Waals surface area contributed by atoms with E-state index in [4.69, 9.17) is 13.9 Å². The lowest BCUT2D eigenvalue weighted by Gasteiger charge is -2.09. The van der Waals surface area contributed by atoms with E-state index in [9.17, 15) is 9.59 Å². The van der Waals surface area contributed by atoms with Gasteiger partial charge in [-0.2, -0.15) is 5.10 Å². The molecule has 8 heteroatoms. The lowest BCUT2D eigenvalue weighted by atomic mass is 10.2. The van der Waals surface area contributed by atoms with E-state index in [-0.39, 0.29) is 6.54 Å². The second-order valence-electron chi connectivity index (χ2n) is 4.96. The number of amides is 2. The van der Waals surface area contributed by atoms with E-state index in [0.29, 0.717) is 28.5 Å². The molecular weight excluding hydrogens is 326 g/mol. The monoisotopic (exact) mass is 345 g/mol. The normalized spacial score (nSPS) is 10.9. The topological polar surface area (TPSA) is 102 Å². The SMILES string of the molecule is COc1ccc(C(=O)NCC(=O)NN=C(C)c2ccco2)cc1OC.